The molecule has 21 heavy (non-hydrogen) atoms. The van der Waals surface area contributed by atoms with Crippen LogP contribution in [0.5, 0.6) is 0 Å². The highest BCUT2D eigenvalue weighted by molar-refractivity contribution is 5.95. The van der Waals surface area contributed by atoms with Gasteiger partial charge in [0.1, 0.15) is 0 Å². The fourth-order valence-corrected chi connectivity index (χ4v) is 2.67. The van der Waals surface area contributed by atoms with Crippen molar-refractivity contribution in [2.45, 2.75) is 39.7 Å². The highest BCUT2D eigenvalue weighted by atomic mass is 16.3. The number of benzene rings is 1. The van der Waals surface area contributed by atoms with Gasteiger partial charge in [-0.2, -0.15) is 0 Å². The number of likely N-dealkylation sites (tertiary alicyclic amines) is 1. The van der Waals surface area contributed by atoms with E-state index in [1.807, 2.05) is 32.0 Å². The van der Waals surface area contributed by atoms with Crippen LogP contribution in [-0.4, -0.2) is 41.7 Å². The molecule has 0 aliphatic carbocycles. The zero-order valence-electron chi connectivity index (χ0n) is 13.2. The third-order valence-corrected chi connectivity index (χ3v) is 4.24. The predicted molar refractivity (Wildman–Crippen MR) is 85.7 cm³/mol. The van der Waals surface area contributed by atoms with Crippen molar-refractivity contribution in [3.8, 4) is 0 Å². The predicted octanol–water partition coefficient (Wildman–Crippen LogP) is 2.66. The van der Waals surface area contributed by atoms with Crippen molar-refractivity contribution in [2.75, 3.05) is 25.0 Å². The summed E-state index contributed by atoms with van der Waals surface area (Å²) in [5, 5.41) is 13.3. The Hall–Kier alpha value is -1.55. The van der Waals surface area contributed by atoms with Crippen LogP contribution in [0.25, 0.3) is 0 Å². The van der Waals surface area contributed by atoms with E-state index in [0.29, 0.717) is 12.1 Å². The van der Waals surface area contributed by atoms with E-state index in [1.165, 1.54) is 0 Å². The Morgan fingerprint density at radius 2 is 2.24 bits per heavy atom. The monoisotopic (exact) mass is 290 g/mol. The molecule has 2 rings (SSSR count). The van der Waals surface area contributed by atoms with E-state index < -0.39 is 6.10 Å². The molecule has 4 nitrogen and oxygen atoms in total. The van der Waals surface area contributed by atoms with Crippen molar-refractivity contribution < 1.29 is 9.90 Å². The molecule has 0 saturated carbocycles. The lowest BCUT2D eigenvalue weighted by Crippen LogP contribution is -2.45. The molecule has 116 valence electrons. The van der Waals surface area contributed by atoms with E-state index in [9.17, 15) is 9.90 Å². The molecule has 0 spiro atoms. The summed E-state index contributed by atoms with van der Waals surface area (Å²) in [6, 6.07) is 5.78. The Balaban J connectivity index is 2.07. The molecule has 1 aliphatic heterocycles. The third kappa shape index (κ3) is 3.76. The number of rotatable bonds is 4. The van der Waals surface area contributed by atoms with Crippen molar-refractivity contribution in [3.05, 3.63) is 29.3 Å². The van der Waals surface area contributed by atoms with Gasteiger partial charge in [-0.3, -0.25) is 4.79 Å². The van der Waals surface area contributed by atoms with Gasteiger partial charge >= 0.3 is 0 Å². The number of hydrogen-bond donors (Lipinski definition) is 2. The van der Waals surface area contributed by atoms with Gasteiger partial charge in [0.15, 0.2) is 0 Å². The van der Waals surface area contributed by atoms with Gasteiger partial charge in [0.2, 0.25) is 0 Å². The molecule has 0 aromatic heterocycles. The van der Waals surface area contributed by atoms with E-state index in [1.54, 1.807) is 4.90 Å². The maximum absolute atomic E-state index is 12.5. The van der Waals surface area contributed by atoms with Gasteiger partial charge in [0, 0.05) is 30.9 Å². The van der Waals surface area contributed by atoms with Crippen molar-refractivity contribution in [3.63, 3.8) is 0 Å². The molecule has 0 radical (unpaired) electrons. The Morgan fingerprint density at radius 1 is 1.48 bits per heavy atom. The van der Waals surface area contributed by atoms with Crippen molar-refractivity contribution in [1.29, 1.82) is 0 Å². The fraction of sp³-hybridized carbons (Fsp3) is 0.588. The molecule has 1 amide bonds. The Morgan fingerprint density at radius 3 is 2.86 bits per heavy atom. The number of aryl methyl sites for hydroxylation is 1. The summed E-state index contributed by atoms with van der Waals surface area (Å²) in [7, 11) is 0. The van der Waals surface area contributed by atoms with Crippen LogP contribution in [0.15, 0.2) is 18.2 Å². The average molecular weight is 290 g/mol. The van der Waals surface area contributed by atoms with Crippen LogP contribution >= 0.6 is 0 Å². The maximum Gasteiger partial charge on any atom is 0.253 e. The van der Waals surface area contributed by atoms with E-state index in [0.717, 1.165) is 37.2 Å². The van der Waals surface area contributed by atoms with Gasteiger partial charge in [-0.25, -0.2) is 0 Å². The first-order valence-corrected chi connectivity index (χ1v) is 7.84. The first kappa shape index (κ1) is 15.8. The SMILES string of the molecule is CCCNc1ccc(C(=O)N2CCC(C)C(O)C2)cc1C. The molecule has 1 fully saturated rings. The molecule has 1 aromatic carbocycles. The molecule has 1 saturated heterocycles. The molecule has 2 unspecified atom stereocenters. The standard InChI is InChI=1S/C17H26N2O2/c1-4-8-18-15-6-5-14(10-13(15)3)17(21)19-9-7-12(2)16(20)11-19/h5-6,10,12,16,18,20H,4,7-9,11H2,1-3H3. The molecule has 2 N–H and O–H groups in total. The van der Waals surface area contributed by atoms with Crippen molar-refractivity contribution in [2.24, 2.45) is 5.92 Å². The number of nitrogens with one attached hydrogen (secondary N) is 1. The molecule has 0 bridgehead atoms. The molecule has 4 heteroatoms. The van der Waals surface area contributed by atoms with Gasteiger partial charge in [-0.1, -0.05) is 13.8 Å². The van der Waals surface area contributed by atoms with Gasteiger partial charge < -0.3 is 15.3 Å². The Labute approximate surface area is 127 Å². The number of piperidine rings is 1. The first-order chi connectivity index (χ1) is 10.0. The number of β-amino-alcohol motifs (C(OH)–C–C–N with tert-alkyl or cyclic N) is 1. The third-order valence-electron chi connectivity index (χ3n) is 4.24. The van der Waals surface area contributed by atoms with Crippen LogP contribution in [0, 0.1) is 12.8 Å². The summed E-state index contributed by atoms with van der Waals surface area (Å²) >= 11 is 0. The van der Waals surface area contributed by atoms with Crippen LogP contribution in [-0.2, 0) is 0 Å². The second-order valence-corrected chi connectivity index (χ2v) is 6.04. The van der Waals surface area contributed by atoms with Gasteiger partial charge in [0.05, 0.1) is 6.10 Å². The fourth-order valence-electron chi connectivity index (χ4n) is 2.67. The minimum atomic E-state index is -0.408. The summed E-state index contributed by atoms with van der Waals surface area (Å²) in [4.78, 5) is 14.3. The number of aliphatic hydroxyl groups excluding tert-OH is 1. The van der Waals surface area contributed by atoms with Gasteiger partial charge in [-0.15, -0.1) is 0 Å². The number of hydrogen-bond acceptors (Lipinski definition) is 3. The molecular formula is C17H26N2O2. The largest absolute Gasteiger partial charge is 0.391 e. The number of carbonyl (C=O) groups is 1. The van der Waals surface area contributed by atoms with E-state index in [-0.39, 0.29) is 11.8 Å². The molecular weight excluding hydrogens is 264 g/mol. The van der Waals surface area contributed by atoms with E-state index >= 15 is 0 Å². The zero-order chi connectivity index (χ0) is 15.4. The van der Waals surface area contributed by atoms with Crippen LogP contribution in [0.4, 0.5) is 5.69 Å². The number of anilines is 1. The highest BCUT2D eigenvalue weighted by Gasteiger charge is 2.27. The normalized spacial score (nSPS) is 22.2. The smallest absolute Gasteiger partial charge is 0.253 e. The number of carbonyl (C=O) groups excluding carboxylic acids is 1. The second kappa shape index (κ2) is 6.94. The highest BCUT2D eigenvalue weighted by Crippen LogP contribution is 2.21. The van der Waals surface area contributed by atoms with Crippen LogP contribution in [0.1, 0.15) is 42.6 Å². The Bertz CT molecular complexity index is 502. The first-order valence-electron chi connectivity index (χ1n) is 7.84. The Kier molecular flexibility index (Phi) is 5.23. The van der Waals surface area contributed by atoms with Crippen LogP contribution in [0.2, 0.25) is 0 Å². The second-order valence-electron chi connectivity index (χ2n) is 6.04. The number of aliphatic hydroxyl groups is 1. The number of amides is 1. The topological polar surface area (TPSA) is 52.6 Å². The summed E-state index contributed by atoms with van der Waals surface area (Å²) < 4.78 is 0. The lowest BCUT2D eigenvalue weighted by Gasteiger charge is -2.34. The summed E-state index contributed by atoms with van der Waals surface area (Å²) in [6.45, 7) is 8.28. The lowest BCUT2D eigenvalue weighted by molar-refractivity contribution is 0.0248. The molecule has 1 aromatic rings. The van der Waals surface area contributed by atoms with E-state index in [4.69, 9.17) is 0 Å². The maximum atomic E-state index is 12.5. The molecule has 1 heterocycles. The van der Waals surface area contributed by atoms with E-state index in [2.05, 4.69) is 12.2 Å². The minimum Gasteiger partial charge on any atom is -0.391 e. The summed E-state index contributed by atoms with van der Waals surface area (Å²) in [6.07, 6.45) is 1.53. The summed E-state index contributed by atoms with van der Waals surface area (Å²) in [5.41, 5.74) is 2.87. The van der Waals surface area contributed by atoms with Crippen molar-refractivity contribution >= 4 is 11.6 Å². The van der Waals surface area contributed by atoms with Crippen LogP contribution in [0.3, 0.4) is 0 Å². The van der Waals surface area contributed by atoms with Crippen molar-refractivity contribution in [1.82, 2.24) is 4.90 Å². The zero-order valence-corrected chi connectivity index (χ0v) is 13.2. The quantitative estimate of drug-likeness (QED) is 0.896. The molecule has 2 atom stereocenters. The number of nitrogens with zero attached hydrogens (tertiary/aromatic N) is 1. The summed E-state index contributed by atoms with van der Waals surface area (Å²) in [5.74, 6) is 0.294. The minimum absolute atomic E-state index is 0.0195. The molecule has 1 aliphatic rings. The van der Waals surface area contributed by atoms with Gasteiger partial charge in [-0.05, 0) is 49.4 Å². The lowest BCUT2D eigenvalue weighted by atomic mass is 9.95. The average Bonchev–Trinajstić information content (AvgIpc) is 2.48. The van der Waals surface area contributed by atoms with Crippen LogP contribution < -0.4 is 5.32 Å². The van der Waals surface area contributed by atoms with Gasteiger partial charge in [0.25, 0.3) is 5.91 Å².